The Kier molecular flexibility index (Phi) is 6.28. The predicted molar refractivity (Wildman–Crippen MR) is 65.8 cm³/mol. The van der Waals surface area contributed by atoms with Crippen molar-refractivity contribution in [3.05, 3.63) is 0 Å². The lowest BCUT2D eigenvalue weighted by atomic mass is 10.1. The van der Waals surface area contributed by atoms with Crippen LogP contribution in [0.2, 0.25) is 0 Å². The standard InChI is InChI=1S/C12H26N2O2/c1-10(2)14(6-8-15-4)11(3)12-9-13-5-7-16-12/h10-13H,5-9H2,1-4H3. The minimum absolute atomic E-state index is 0.299. The highest BCUT2D eigenvalue weighted by Crippen LogP contribution is 2.12. The summed E-state index contributed by atoms with van der Waals surface area (Å²) in [4.78, 5) is 2.45. The van der Waals surface area contributed by atoms with Gasteiger partial charge in [0.1, 0.15) is 0 Å². The van der Waals surface area contributed by atoms with E-state index in [0.29, 0.717) is 18.2 Å². The Morgan fingerprint density at radius 2 is 2.19 bits per heavy atom. The number of morpholine rings is 1. The molecule has 0 amide bonds. The van der Waals surface area contributed by atoms with Crippen LogP contribution in [-0.4, -0.2) is 63.0 Å². The second-order valence-corrected chi connectivity index (χ2v) is 4.68. The molecule has 1 aliphatic rings. The van der Waals surface area contributed by atoms with Crippen LogP contribution in [0.1, 0.15) is 20.8 Å². The Labute approximate surface area is 99.3 Å². The monoisotopic (exact) mass is 230 g/mol. The van der Waals surface area contributed by atoms with Crippen LogP contribution >= 0.6 is 0 Å². The highest BCUT2D eigenvalue weighted by molar-refractivity contribution is 4.82. The molecule has 4 heteroatoms. The zero-order chi connectivity index (χ0) is 12.0. The van der Waals surface area contributed by atoms with Gasteiger partial charge in [-0.05, 0) is 20.8 Å². The molecule has 2 atom stereocenters. The van der Waals surface area contributed by atoms with Gasteiger partial charge in [0.05, 0.1) is 19.3 Å². The van der Waals surface area contributed by atoms with Crippen LogP contribution in [0.4, 0.5) is 0 Å². The molecule has 2 unspecified atom stereocenters. The van der Waals surface area contributed by atoms with E-state index in [1.165, 1.54) is 0 Å². The van der Waals surface area contributed by atoms with Crippen molar-refractivity contribution in [1.82, 2.24) is 10.2 Å². The summed E-state index contributed by atoms with van der Waals surface area (Å²) >= 11 is 0. The third-order valence-corrected chi connectivity index (χ3v) is 3.23. The van der Waals surface area contributed by atoms with Gasteiger partial charge in [-0.3, -0.25) is 4.90 Å². The molecule has 0 aromatic heterocycles. The van der Waals surface area contributed by atoms with Crippen molar-refractivity contribution in [2.75, 3.05) is 40.0 Å². The van der Waals surface area contributed by atoms with Crippen molar-refractivity contribution in [3.8, 4) is 0 Å². The van der Waals surface area contributed by atoms with E-state index in [1.54, 1.807) is 7.11 Å². The Balaban J connectivity index is 2.47. The molecule has 0 aromatic rings. The fourth-order valence-electron chi connectivity index (χ4n) is 2.24. The number of hydrogen-bond acceptors (Lipinski definition) is 4. The topological polar surface area (TPSA) is 33.7 Å². The molecular weight excluding hydrogens is 204 g/mol. The molecule has 1 N–H and O–H groups in total. The number of rotatable bonds is 6. The maximum absolute atomic E-state index is 5.81. The quantitative estimate of drug-likeness (QED) is 0.729. The van der Waals surface area contributed by atoms with E-state index in [9.17, 15) is 0 Å². The first-order valence-corrected chi connectivity index (χ1v) is 6.23. The van der Waals surface area contributed by atoms with E-state index >= 15 is 0 Å². The molecule has 96 valence electrons. The molecule has 16 heavy (non-hydrogen) atoms. The highest BCUT2D eigenvalue weighted by Gasteiger charge is 2.27. The van der Waals surface area contributed by atoms with Crippen molar-refractivity contribution >= 4 is 0 Å². The zero-order valence-corrected chi connectivity index (χ0v) is 11.0. The largest absolute Gasteiger partial charge is 0.383 e. The second kappa shape index (κ2) is 7.22. The molecule has 4 nitrogen and oxygen atoms in total. The molecule has 0 spiro atoms. The normalized spacial score (nSPS) is 24.0. The van der Waals surface area contributed by atoms with E-state index in [2.05, 4.69) is 31.0 Å². The van der Waals surface area contributed by atoms with Crippen LogP contribution in [0, 0.1) is 0 Å². The first kappa shape index (κ1) is 13.9. The van der Waals surface area contributed by atoms with Crippen LogP contribution in [0.3, 0.4) is 0 Å². The number of hydrogen-bond donors (Lipinski definition) is 1. The molecule has 1 fully saturated rings. The average Bonchev–Trinajstić information content (AvgIpc) is 2.30. The van der Waals surface area contributed by atoms with Gasteiger partial charge >= 0.3 is 0 Å². The first-order valence-electron chi connectivity index (χ1n) is 6.23. The van der Waals surface area contributed by atoms with Crippen LogP contribution in [0.5, 0.6) is 0 Å². The Morgan fingerprint density at radius 1 is 1.44 bits per heavy atom. The molecule has 1 saturated heterocycles. The van der Waals surface area contributed by atoms with E-state index in [1.807, 2.05) is 0 Å². The van der Waals surface area contributed by atoms with E-state index in [4.69, 9.17) is 9.47 Å². The van der Waals surface area contributed by atoms with Gasteiger partial charge in [0, 0.05) is 38.8 Å². The molecule has 0 aromatic carbocycles. The van der Waals surface area contributed by atoms with E-state index in [-0.39, 0.29) is 0 Å². The van der Waals surface area contributed by atoms with Crippen molar-refractivity contribution in [1.29, 1.82) is 0 Å². The Hall–Kier alpha value is -0.160. The lowest BCUT2D eigenvalue weighted by Gasteiger charge is -2.38. The Bertz CT molecular complexity index is 182. The number of nitrogens with zero attached hydrogens (tertiary/aromatic N) is 1. The van der Waals surface area contributed by atoms with Gasteiger partial charge in [-0.1, -0.05) is 0 Å². The fourth-order valence-corrected chi connectivity index (χ4v) is 2.24. The van der Waals surface area contributed by atoms with Crippen molar-refractivity contribution in [3.63, 3.8) is 0 Å². The predicted octanol–water partition coefficient (Wildman–Crippen LogP) is 0.720. The minimum Gasteiger partial charge on any atom is -0.383 e. The van der Waals surface area contributed by atoms with Gasteiger partial charge in [0.25, 0.3) is 0 Å². The second-order valence-electron chi connectivity index (χ2n) is 4.68. The van der Waals surface area contributed by atoms with Crippen LogP contribution in [-0.2, 0) is 9.47 Å². The SMILES string of the molecule is COCCN(C(C)C)C(C)C1CNCCO1. The summed E-state index contributed by atoms with van der Waals surface area (Å²) in [5, 5.41) is 3.38. The third-order valence-electron chi connectivity index (χ3n) is 3.23. The van der Waals surface area contributed by atoms with Gasteiger partial charge < -0.3 is 14.8 Å². The first-order chi connectivity index (χ1) is 7.66. The van der Waals surface area contributed by atoms with Gasteiger partial charge in [-0.25, -0.2) is 0 Å². The highest BCUT2D eigenvalue weighted by atomic mass is 16.5. The van der Waals surface area contributed by atoms with Gasteiger partial charge in [-0.2, -0.15) is 0 Å². The van der Waals surface area contributed by atoms with Gasteiger partial charge in [0.15, 0.2) is 0 Å². The summed E-state index contributed by atoms with van der Waals surface area (Å²) < 4.78 is 11.0. The summed E-state index contributed by atoms with van der Waals surface area (Å²) in [6, 6.07) is 0.957. The van der Waals surface area contributed by atoms with Gasteiger partial charge in [-0.15, -0.1) is 0 Å². The molecule has 0 aliphatic carbocycles. The molecule has 0 radical (unpaired) electrons. The number of nitrogens with one attached hydrogen (secondary N) is 1. The summed E-state index contributed by atoms with van der Waals surface area (Å²) in [5.41, 5.74) is 0. The van der Waals surface area contributed by atoms with Crippen LogP contribution < -0.4 is 5.32 Å². The van der Waals surface area contributed by atoms with Crippen molar-refractivity contribution < 1.29 is 9.47 Å². The molecule has 0 saturated carbocycles. The maximum atomic E-state index is 5.81. The van der Waals surface area contributed by atoms with Crippen molar-refractivity contribution in [2.45, 2.75) is 39.0 Å². The summed E-state index contributed by atoms with van der Waals surface area (Å²) in [6.07, 6.45) is 0.299. The van der Waals surface area contributed by atoms with Crippen LogP contribution in [0.15, 0.2) is 0 Å². The van der Waals surface area contributed by atoms with Gasteiger partial charge in [0.2, 0.25) is 0 Å². The molecule has 0 bridgehead atoms. The summed E-state index contributed by atoms with van der Waals surface area (Å²) in [7, 11) is 1.75. The lowest BCUT2D eigenvalue weighted by molar-refractivity contribution is -0.0387. The summed E-state index contributed by atoms with van der Waals surface area (Å²) in [5.74, 6) is 0. The number of methoxy groups -OCH3 is 1. The van der Waals surface area contributed by atoms with E-state index < -0.39 is 0 Å². The molecule has 1 heterocycles. The molecule has 1 aliphatic heterocycles. The zero-order valence-electron chi connectivity index (χ0n) is 11.0. The lowest BCUT2D eigenvalue weighted by Crippen LogP contribution is -2.53. The molecule has 1 rings (SSSR count). The van der Waals surface area contributed by atoms with Crippen LogP contribution in [0.25, 0.3) is 0 Å². The average molecular weight is 230 g/mol. The molecular formula is C12H26N2O2. The van der Waals surface area contributed by atoms with Crippen molar-refractivity contribution in [2.24, 2.45) is 0 Å². The smallest absolute Gasteiger partial charge is 0.0852 e. The number of ether oxygens (including phenoxy) is 2. The third kappa shape index (κ3) is 4.01. The summed E-state index contributed by atoms with van der Waals surface area (Å²) in [6.45, 7) is 11.2. The Morgan fingerprint density at radius 3 is 2.69 bits per heavy atom. The minimum atomic E-state index is 0.299. The fraction of sp³-hybridized carbons (Fsp3) is 1.00. The maximum Gasteiger partial charge on any atom is 0.0852 e. The van der Waals surface area contributed by atoms with E-state index in [0.717, 1.165) is 32.8 Å².